The highest BCUT2D eigenvalue weighted by Gasteiger charge is 2.22. The number of aryl methyl sites for hydroxylation is 1. The zero-order valence-electron chi connectivity index (χ0n) is 15.8. The van der Waals surface area contributed by atoms with E-state index in [2.05, 4.69) is 34.7 Å². The summed E-state index contributed by atoms with van der Waals surface area (Å²) in [5.74, 6) is 6.61. The fraction of sp³-hybridized carbons (Fsp3) is 0.333. The monoisotopic (exact) mass is 449 g/mol. The predicted octanol–water partition coefficient (Wildman–Crippen LogP) is 5.16. The van der Waals surface area contributed by atoms with Crippen LogP contribution < -0.4 is 9.04 Å². The minimum absolute atomic E-state index is 0.216. The first-order valence-electron chi connectivity index (χ1n) is 8.80. The van der Waals surface area contributed by atoms with Crippen molar-refractivity contribution in [3.05, 3.63) is 52.5 Å². The average Bonchev–Trinajstić information content (AvgIpc) is 2.64. The Bertz CT molecular complexity index is 928. The molecule has 6 heteroatoms. The molecule has 144 valence electrons. The number of sulfonamides is 1. The molecular weight excluding hydrogens is 426 g/mol. The average molecular weight is 450 g/mol. The summed E-state index contributed by atoms with van der Waals surface area (Å²) in [5.41, 5.74) is 1.51. The predicted molar refractivity (Wildman–Crippen MR) is 114 cm³/mol. The highest BCUT2D eigenvalue weighted by atomic mass is 79.9. The Morgan fingerprint density at radius 1 is 1.11 bits per heavy atom. The van der Waals surface area contributed by atoms with Crippen LogP contribution in [0, 0.1) is 18.8 Å². The molecule has 0 spiro atoms. The molecule has 0 aliphatic rings. The first kappa shape index (κ1) is 21.3. The molecule has 2 aromatic rings. The zero-order chi connectivity index (χ0) is 19.9. The summed E-state index contributed by atoms with van der Waals surface area (Å²) >= 11 is 3.40. The Labute approximate surface area is 170 Å². The van der Waals surface area contributed by atoms with Crippen molar-refractivity contribution < 1.29 is 13.2 Å². The minimum Gasteiger partial charge on any atom is -0.481 e. The summed E-state index contributed by atoms with van der Waals surface area (Å²) in [5, 5.41) is 0. The molecule has 0 saturated heterocycles. The maximum Gasteiger partial charge on any atom is 0.264 e. The topological polar surface area (TPSA) is 46.6 Å². The molecule has 0 bridgehead atoms. The lowest BCUT2D eigenvalue weighted by atomic mass is 10.2. The Hall–Kier alpha value is -1.97. The van der Waals surface area contributed by atoms with E-state index in [-0.39, 0.29) is 4.90 Å². The van der Waals surface area contributed by atoms with Gasteiger partial charge in [-0.3, -0.25) is 4.31 Å². The van der Waals surface area contributed by atoms with Gasteiger partial charge in [0.1, 0.15) is 12.4 Å². The molecule has 0 saturated carbocycles. The molecule has 0 atom stereocenters. The van der Waals surface area contributed by atoms with Crippen LogP contribution in [0.2, 0.25) is 0 Å². The van der Waals surface area contributed by atoms with Gasteiger partial charge in [0, 0.05) is 17.9 Å². The first-order chi connectivity index (χ1) is 12.9. The van der Waals surface area contributed by atoms with Crippen molar-refractivity contribution in [2.75, 3.05) is 18.0 Å². The fourth-order valence-corrected chi connectivity index (χ4v) is 4.23. The number of nitrogens with zero attached hydrogens (tertiary/aromatic N) is 1. The lowest BCUT2D eigenvalue weighted by Gasteiger charge is -2.21. The number of benzene rings is 2. The van der Waals surface area contributed by atoms with Crippen LogP contribution in [0.3, 0.4) is 0 Å². The van der Waals surface area contributed by atoms with Crippen LogP contribution in [-0.2, 0) is 10.0 Å². The van der Waals surface area contributed by atoms with Gasteiger partial charge in [-0.05, 0) is 61.4 Å². The molecule has 27 heavy (non-hydrogen) atoms. The van der Waals surface area contributed by atoms with Crippen molar-refractivity contribution in [1.82, 2.24) is 0 Å². The van der Waals surface area contributed by atoms with Gasteiger partial charge in [-0.15, -0.1) is 0 Å². The number of anilines is 1. The van der Waals surface area contributed by atoms with Gasteiger partial charge in [0.2, 0.25) is 0 Å². The number of hydrogen-bond acceptors (Lipinski definition) is 3. The highest BCUT2D eigenvalue weighted by molar-refractivity contribution is 9.10. The van der Waals surface area contributed by atoms with Crippen LogP contribution in [0.4, 0.5) is 5.69 Å². The van der Waals surface area contributed by atoms with Gasteiger partial charge in [0.25, 0.3) is 10.0 Å². The quantitative estimate of drug-likeness (QED) is 0.433. The molecule has 4 nitrogen and oxygen atoms in total. The number of hydrogen-bond donors (Lipinski definition) is 0. The van der Waals surface area contributed by atoms with E-state index in [1.165, 1.54) is 4.31 Å². The van der Waals surface area contributed by atoms with Gasteiger partial charge in [-0.25, -0.2) is 8.42 Å². The zero-order valence-corrected chi connectivity index (χ0v) is 18.2. The third-order valence-corrected chi connectivity index (χ3v) is 6.35. The molecule has 0 aliphatic carbocycles. The Morgan fingerprint density at radius 2 is 1.81 bits per heavy atom. The fourth-order valence-electron chi connectivity index (χ4n) is 2.49. The standard InChI is InChI=1S/C21H24BrNO3S/c1-4-5-6-7-8-15-26-19-10-12-20(13-11-19)27(24,25)23(3)21-14-9-18(22)16-17(21)2/h9-14,16H,4-6,15H2,1-3H3. The maximum absolute atomic E-state index is 12.9. The van der Waals surface area contributed by atoms with Crippen molar-refractivity contribution in [3.8, 4) is 17.6 Å². The molecule has 0 N–H and O–H groups in total. The van der Waals surface area contributed by atoms with Gasteiger partial charge in [0.15, 0.2) is 0 Å². The summed E-state index contributed by atoms with van der Waals surface area (Å²) in [6.07, 6.45) is 3.09. The molecule has 0 amide bonds. The first-order valence-corrected chi connectivity index (χ1v) is 11.0. The SMILES string of the molecule is CCCCC#CCOc1ccc(S(=O)(=O)N(C)c2ccc(Br)cc2C)cc1. The molecule has 2 aromatic carbocycles. The molecule has 0 fully saturated rings. The van der Waals surface area contributed by atoms with Crippen LogP contribution in [0.15, 0.2) is 51.8 Å². The molecule has 0 aromatic heterocycles. The second-order valence-corrected chi connectivity index (χ2v) is 9.01. The molecule has 0 aliphatic heterocycles. The minimum atomic E-state index is -3.65. The van der Waals surface area contributed by atoms with E-state index in [0.29, 0.717) is 18.0 Å². The van der Waals surface area contributed by atoms with Crippen LogP contribution in [0.1, 0.15) is 31.7 Å². The molecule has 0 radical (unpaired) electrons. The largest absolute Gasteiger partial charge is 0.481 e. The van der Waals surface area contributed by atoms with Gasteiger partial charge >= 0.3 is 0 Å². The van der Waals surface area contributed by atoms with Gasteiger partial charge in [0.05, 0.1) is 10.6 Å². The van der Waals surface area contributed by atoms with Gasteiger partial charge in [-0.1, -0.05) is 41.1 Å². The molecule has 0 heterocycles. The summed E-state index contributed by atoms with van der Waals surface area (Å²) in [6, 6.07) is 11.9. The number of ether oxygens (including phenoxy) is 1. The lowest BCUT2D eigenvalue weighted by Crippen LogP contribution is -2.27. The van der Waals surface area contributed by atoms with Gasteiger partial charge < -0.3 is 4.74 Å². The summed E-state index contributed by atoms with van der Waals surface area (Å²) < 4.78 is 33.5. The summed E-state index contributed by atoms with van der Waals surface area (Å²) in [7, 11) is -2.09. The van der Waals surface area contributed by atoms with Crippen molar-refractivity contribution in [1.29, 1.82) is 0 Å². The highest BCUT2D eigenvalue weighted by Crippen LogP contribution is 2.28. The van der Waals surface area contributed by atoms with E-state index in [1.54, 1.807) is 37.4 Å². The Morgan fingerprint density at radius 3 is 2.44 bits per heavy atom. The number of halogens is 1. The van der Waals surface area contributed by atoms with Crippen molar-refractivity contribution in [2.24, 2.45) is 0 Å². The van der Waals surface area contributed by atoms with Crippen LogP contribution in [0.25, 0.3) is 0 Å². The van der Waals surface area contributed by atoms with Crippen molar-refractivity contribution >= 4 is 31.6 Å². The summed E-state index contributed by atoms with van der Waals surface area (Å²) in [4.78, 5) is 0.216. The van der Waals surface area contributed by atoms with E-state index >= 15 is 0 Å². The maximum atomic E-state index is 12.9. The van der Waals surface area contributed by atoms with Gasteiger partial charge in [-0.2, -0.15) is 0 Å². The smallest absolute Gasteiger partial charge is 0.264 e. The third kappa shape index (κ3) is 5.75. The third-order valence-electron chi connectivity index (χ3n) is 4.07. The van der Waals surface area contributed by atoms with E-state index in [1.807, 2.05) is 19.1 Å². The van der Waals surface area contributed by atoms with Crippen LogP contribution in [0.5, 0.6) is 5.75 Å². The van der Waals surface area contributed by atoms with E-state index in [9.17, 15) is 8.42 Å². The molecular formula is C21H24BrNO3S. The lowest BCUT2D eigenvalue weighted by molar-refractivity contribution is 0.370. The van der Waals surface area contributed by atoms with Crippen LogP contribution >= 0.6 is 15.9 Å². The number of rotatable bonds is 7. The second-order valence-electron chi connectivity index (χ2n) is 6.12. The Kier molecular flexibility index (Phi) is 7.76. The van der Waals surface area contributed by atoms with E-state index in [0.717, 1.165) is 29.3 Å². The normalized spacial score (nSPS) is 10.8. The van der Waals surface area contributed by atoms with Crippen LogP contribution in [-0.4, -0.2) is 22.1 Å². The van der Waals surface area contributed by atoms with E-state index < -0.39 is 10.0 Å². The van der Waals surface area contributed by atoms with E-state index in [4.69, 9.17) is 4.74 Å². The van der Waals surface area contributed by atoms with Crippen molar-refractivity contribution in [2.45, 2.75) is 38.0 Å². The number of unbranched alkanes of at least 4 members (excludes halogenated alkanes) is 2. The summed E-state index contributed by atoms with van der Waals surface area (Å²) in [6.45, 7) is 4.31. The van der Waals surface area contributed by atoms with Crippen molar-refractivity contribution in [3.63, 3.8) is 0 Å². The molecule has 0 unspecified atom stereocenters. The second kappa shape index (κ2) is 9.82. The molecule has 2 rings (SSSR count). The Balaban J connectivity index is 2.09.